The highest BCUT2D eigenvalue weighted by atomic mass is 16.1. The zero-order valence-corrected chi connectivity index (χ0v) is 9.95. The Labute approximate surface area is 99.4 Å². The Morgan fingerprint density at radius 3 is 3.00 bits per heavy atom. The lowest BCUT2D eigenvalue weighted by Crippen LogP contribution is -2.17. The van der Waals surface area contributed by atoms with Gasteiger partial charge in [0.05, 0.1) is 17.1 Å². The quantitative estimate of drug-likeness (QED) is 0.746. The fourth-order valence-corrected chi connectivity index (χ4v) is 1.68. The summed E-state index contributed by atoms with van der Waals surface area (Å²) in [5, 5.41) is 2.59. The number of carbonyl (C=O) groups is 1. The molecule has 1 aromatic heterocycles. The van der Waals surface area contributed by atoms with Gasteiger partial charge in [0.2, 0.25) is 0 Å². The number of aromatic amines is 1. The zero-order chi connectivity index (χ0) is 12.4. The van der Waals surface area contributed by atoms with E-state index in [9.17, 15) is 4.79 Å². The lowest BCUT2D eigenvalue weighted by Gasteiger charge is -2.02. The van der Waals surface area contributed by atoms with Gasteiger partial charge >= 0.3 is 0 Å². The molecule has 2 aromatic rings. The lowest BCUT2D eigenvalue weighted by atomic mass is 10.2. The Bertz CT molecular complexity index is 546. The highest BCUT2D eigenvalue weighted by molar-refractivity contribution is 5.97. The molecule has 0 fully saturated rings. The van der Waals surface area contributed by atoms with Gasteiger partial charge in [0.15, 0.2) is 0 Å². The minimum atomic E-state index is -0.108. The summed E-state index contributed by atoms with van der Waals surface area (Å²) in [5.41, 5.74) is 8.19. The van der Waals surface area contributed by atoms with Gasteiger partial charge in [0.1, 0.15) is 5.82 Å². The van der Waals surface area contributed by atoms with Crippen LogP contribution in [-0.4, -0.2) is 22.9 Å². The number of rotatable bonds is 3. The number of benzene rings is 1. The second kappa shape index (κ2) is 4.55. The second-order valence-electron chi connectivity index (χ2n) is 3.95. The van der Waals surface area contributed by atoms with E-state index in [1.54, 1.807) is 19.2 Å². The number of nitrogens with zero attached hydrogens (tertiary/aromatic N) is 1. The van der Waals surface area contributed by atoms with Crippen molar-refractivity contribution in [3.63, 3.8) is 0 Å². The fourth-order valence-electron chi connectivity index (χ4n) is 1.68. The molecule has 5 nitrogen and oxygen atoms in total. The van der Waals surface area contributed by atoms with Crippen LogP contribution >= 0.6 is 0 Å². The number of fused-ring (bicyclic) bond motifs is 1. The molecule has 1 heterocycles. The summed E-state index contributed by atoms with van der Waals surface area (Å²) in [7, 11) is 1.61. The van der Waals surface area contributed by atoms with Crippen LogP contribution in [0, 0.1) is 0 Å². The molecule has 17 heavy (non-hydrogen) atoms. The van der Waals surface area contributed by atoms with E-state index in [1.807, 2.05) is 13.0 Å². The van der Waals surface area contributed by atoms with Crippen molar-refractivity contribution in [2.24, 2.45) is 5.73 Å². The van der Waals surface area contributed by atoms with E-state index >= 15 is 0 Å². The van der Waals surface area contributed by atoms with Crippen molar-refractivity contribution >= 4 is 16.9 Å². The highest BCUT2D eigenvalue weighted by Gasteiger charge is 2.11. The van der Waals surface area contributed by atoms with Crippen molar-refractivity contribution in [1.29, 1.82) is 0 Å². The molecule has 1 aromatic carbocycles. The fraction of sp³-hybridized carbons (Fsp3) is 0.333. The molecule has 4 N–H and O–H groups in total. The summed E-state index contributed by atoms with van der Waals surface area (Å²) in [6, 6.07) is 5.27. The first kappa shape index (κ1) is 11.6. The second-order valence-corrected chi connectivity index (χ2v) is 3.95. The smallest absolute Gasteiger partial charge is 0.251 e. The van der Waals surface area contributed by atoms with Crippen LogP contribution in [0.4, 0.5) is 0 Å². The molecule has 0 radical (unpaired) electrons. The first-order chi connectivity index (χ1) is 8.15. The van der Waals surface area contributed by atoms with Gasteiger partial charge in [0.25, 0.3) is 5.91 Å². The number of nitrogens with two attached hydrogens (primary N) is 1. The van der Waals surface area contributed by atoms with Gasteiger partial charge in [-0.25, -0.2) is 4.98 Å². The van der Waals surface area contributed by atoms with E-state index < -0.39 is 0 Å². The van der Waals surface area contributed by atoms with Crippen molar-refractivity contribution in [3.8, 4) is 0 Å². The Kier molecular flexibility index (Phi) is 3.10. The van der Waals surface area contributed by atoms with Crippen molar-refractivity contribution in [1.82, 2.24) is 15.3 Å². The molecule has 2 rings (SSSR count). The molecule has 1 amide bonds. The Morgan fingerprint density at radius 1 is 1.59 bits per heavy atom. The van der Waals surface area contributed by atoms with Crippen molar-refractivity contribution in [2.75, 3.05) is 7.05 Å². The summed E-state index contributed by atoms with van der Waals surface area (Å²) >= 11 is 0. The van der Waals surface area contributed by atoms with Gasteiger partial charge in [-0.2, -0.15) is 0 Å². The van der Waals surface area contributed by atoms with Gasteiger partial charge in [-0.15, -0.1) is 0 Å². The molecule has 90 valence electrons. The van der Waals surface area contributed by atoms with E-state index in [4.69, 9.17) is 5.73 Å². The number of carbonyl (C=O) groups excluding carboxylic acids is 1. The van der Waals surface area contributed by atoms with Crippen LogP contribution in [-0.2, 0) is 0 Å². The molecular weight excluding hydrogens is 216 g/mol. The van der Waals surface area contributed by atoms with Crippen LogP contribution in [0.2, 0.25) is 0 Å². The topological polar surface area (TPSA) is 83.8 Å². The molecule has 0 bridgehead atoms. The minimum absolute atomic E-state index is 0.0918. The first-order valence-electron chi connectivity index (χ1n) is 5.63. The maximum atomic E-state index is 11.5. The SMILES string of the molecule is CCC(N)c1nc2ccc(C(=O)NC)cc2[nH]1. The molecule has 0 saturated carbocycles. The highest BCUT2D eigenvalue weighted by Crippen LogP contribution is 2.17. The minimum Gasteiger partial charge on any atom is -0.355 e. The standard InChI is InChI=1S/C12H16N4O/c1-3-8(13)11-15-9-5-4-7(12(17)14-2)6-10(9)16-11/h4-6,8H,3,13H2,1-2H3,(H,14,17)(H,15,16). The summed E-state index contributed by atoms with van der Waals surface area (Å²) < 4.78 is 0. The van der Waals surface area contributed by atoms with Crippen molar-refractivity contribution in [3.05, 3.63) is 29.6 Å². The van der Waals surface area contributed by atoms with Gasteiger partial charge in [-0.1, -0.05) is 6.92 Å². The van der Waals surface area contributed by atoms with Crippen LogP contribution < -0.4 is 11.1 Å². The number of imidazole rings is 1. The number of aromatic nitrogens is 2. The van der Waals surface area contributed by atoms with E-state index in [2.05, 4.69) is 15.3 Å². The largest absolute Gasteiger partial charge is 0.355 e. The predicted octanol–water partition coefficient (Wildman–Crippen LogP) is 1.33. The van der Waals surface area contributed by atoms with Crippen LogP contribution in [0.1, 0.15) is 35.6 Å². The molecule has 0 aliphatic rings. The summed E-state index contributed by atoms with van der Waals surface area (Å²) in [5.74, 6) is 0.652. The van der Waals surface area contributed by atoms with Crippen molar-refractivity contribution in [2.45, 2.75) is 19.4 Å². The van der Waals surface area contributed by atoms with Gasteiger partial charge in [0, 0.05) is 12.6 Å². The van der Waals surface area contributed by atoms with E-state index in [1.165, 1.54) is 0 Å². The molecule has 0 aliphatic heterocycles. The summed E-state index contributed by atoms with van der Waals surface area (Å²) in [6.45, 7) is 2.01. The molecule has 0 spiro atoms. The molecule has 0 saturated heterocycles. The van der Waals surface area contributed by atoms with Crippen molar-refractivity contribution < 1.29 is 4.79 Å². The molecule has 1 unspecified atom stereocenters. The Hall–Kier alpha value is -1.88. The maximum Gasteiger partial charge on any atom is 0.251 e. The average Bonchev–Trinajstić information content (AvgIpc) is 2.79. The number of hydrogen-bond acceptors (Lipinski definition) is 3. The lowest BCUT2D eigenvalue weighted by molar-refractivity contribution is 0.0963. The predicted molar refractivity (Wildman–Crippen MR) is 66.7 cm³/mol. The van der Waals surface area contributed by atoms with E-state index in [-0.39, 0.29) is 11.9 Å². The third-order valence-corrected chi connectivity index (χ3v) is 2.78. The number of amides is 1. The Morgan fingerprint density at radius 2 is 2.35 bits per heavy atom. The Balaban J connectivity index is 2.44. The van der Waals surface area contributed by atoms with Gasteiger partial charge < -0.3 is 16.0 Å². The number of hydrogen-bond donors (Lipinski definition) is 3. The van der Waals surface area contributed by atoms with Crippen LogP contribution in [0.15, 0.2) is 18.2 Å². The third kappa shape index (κ3) is 2.14. The monoisotopic (exact) mass is 232 g/mol. The molecule has 5 heteroatoms. The zero-order valence-electron chi connectivity index (χ0n) is 9.95. The van der Waals surface area contributed by atoms with Crippen LogP contribution in [0.25, 0.3) is 11.0 Å². The van der Waals surface area contributed by atoms with E-state index in [0.29, 0.717) is 5.56 Å². The van der Waals surface area contributed by atoms with E-state index in [0.717, 1.165) is 23.3 Å². The number of H-pyrrole nitrogens is 1. The molecule has 1 atom stereocenters. The molecular formula is C12H16N4O. The maximum absolute atomic E-state index is 11.5. The van der Waals surface area contributed by atoms with Gasteiger partial charge in [-0.3, -0.25) is 4.79 Å². The van der Waals surface area contributed by atoms with Gasteiger partial charge in [-0.05, 0) is 24.6 Å². The average molecular weight is 232 g/mol. The van der Waals surface area contributed by atoms with Crippen LogP contribution in [0.5, 0.6) is 0 Å². The summed E-state index contributed by atoms with van der Waals surface area (Å²) in [6.07, 6.45) is 0.822. The number of nitrogens with one attached hydrogen (secondary N) is 2. The third-order valence-electron chi connectivity index (χ3n) is 2.78. The normalized spacial score (nSPS) is 12.6. The first-order valence-corrected chi connectivity index (χ1v) is 5.63. The van der Waals surface area contributed by atoms with Crippen LogP contribution in [0.3, 0.4) is 0 Å². The summed E-state index contributed by atoms with van der Waals surface area (Å²) in [4.78, 5) is 19.0. The molecule has 0 aliphatic carbocycles.